The summed E-state index contributed by atoms with van der Waals surface area (Å²) in [6.07, 6.45) is 0. The van der Waals surface area contributed by atoms with E-state index in [9.17, 15) is 0 Å². The fourth-order valence-corrected chi connectivity index (χ4v) is 5.90. The van der Waals surface area contributed by atoms with Crippen molar-refractivity contribution in [3.05, 3.63) is 101 Å². The molecule has 0 saturated heterocycles. The molecule has 2 heterocycles. The molecule has 2 aromatic heterocycles. The Labute approximate surface area is 203 Å². The first-order valence-corrected chi connectivity index (χ1v) is 12.4. The zero-order chi connectivity index (χ0) is 24.0. The number of aryl methyl sites for hydroxylation is 2. The summed E-state index contributed by atoms with van der Waals surface area (Å²) in [5.41, 5.74) is 10.8. The summed E-state index contributed by atoms with van der Waals surface area (Å²) >= 11 is 0. The predicted octanol–water partition coefficient (Wildman–Crippen LogP) is 7.50. The lowest BCUT2D eigenvalue weighted by atomic mass is 9.82. The van der Waals surface area contributed by atoms with Gasteiger partial charge in [0.1, 0.15) is 0 Å². The second-order valence-electron chi connectivity index (χ2n) is 9.44. The van der Waals surface area contributed by atoms with E-state index < -0.39 is 0 Å². The summed E-state index contributed by atoms with van der Waals surface area (Å²) in [5.74, 6) is 0.159. The highest BCUT2D eigenvalue weighted by Gasteiger charge is 2.29. The Morgan fingerprint density at radius 3 is 1.50 bits per heavy atom. The molecule has 34 heavy (non-hydrogen) atoms. The number of aromatic nitrogens is 2. The summed E-state index contributed by atoms with van der Waals surface area (Å²) in [5, 5.41) is 2.72. The van der Waals surface area contributed by atoms with Crippen LogP contribution in [0, 0.1) is 13.8 Å². The van der Waals surface area contributed by atoms with E-state index in [2.05, 4.69) is 129 Å². The third kappa shape index (κ3) is 3.34. The van der Waals surface area contributed by atoms with E-state index >= 15 is 0 Å². The van der Waals surface area contributed by atoms with Gasteiger partial charge < -0.3 is 14.0 Å². The Bertz CT molecular complexity index is 1380. The molecule has 0 aliphatic heterocycles. The molecule has 0 atom stereocenters. The van der Waals surface area contributed by atoms with Crippen molar-refractivity contribution in [1.82, 2.24) is 9.13 Å². The van der Waals surface area contributed by atoms with Crippen molar-refractivity contribution in [2.24, 2.45) is 0 Å². The van der Waals surface area contributed by atoms with Gasteiger partial charge in [0.15, 0.2) is 0 Å². The number of benzene rings is 3. The minimum atomic E-state index is 0.159. The fourth-order valence-electron chi connectivity index (χ4n) is 5.90. The van der Waals surface area contributed by atoms with E-state index in [0.717, 1.165) is 13.1 Å². The lowest BCUT2D eigenvalue weighted by Crippen LogP contribution is -2.10. The van der Waals surface area contributed by atoms with Gasteiger partial charge in [0.05, 0.1) is 0 Å². The van der Waals surface area contributed by atoms with E-state index in [1.54, 1.807) is 0 Å². The van der Waals surface area contributed by atoms with Crippen molar-refractivity contribution in [3.63, 3.8) is 0 Å². The van der Waals surface area contributed by atoms with Crippen molar-refractivity contribution in [3.8, 4) is 0 Å². The van der Waals surface area contributed by atoms with Crippen LogP contribution in [-0.4, -0.2) is 23.2 Å². The normalized spacial score (nSPS) is 11.7. The van der Waals surface area contributed by atoms with Crippen LogP contribution in [0.1, 0.15) is 47.8 Å². The largest absolute Gasteiger partial charge is 0.378 e. The van der Waals surface area contributed by atoms with Crippen molar-refractivity contribution in [1.29, 1.82) is 0 Å². The fraction of sp³-hybridized carbons (Fsp3) is 0.290. The SMILES string of the molecule is CCn1c(C)c(C(c2ccc(N(C)C)cc2)c2c(C)n(CC)c3ccccc23)c2ccccc21. The molecule has 0 N–H and O–H groups in total. The van der Waals surface area contributed by atoms with Crippen molar-refractivity contribution in [2.45, 2.75) is 46.7 Å². The van der Waals surface area contributed by atoms with Gasteiger partial charge in [-0.15, -0.1) is 0 Å². The maximum absolute atomic E-state index is 2.47. The van der Waals surface area contributed by atoms with Gasteiger partial charge in [0, 0.05) is 72.0 Å². The molecular weight excluding hydrogens is 414 g/mol. The quantitative estimate of drug-likeness (QED) is 0.262. The van der Waals surface area contributed by atoms with Crippen molar-refractivity contribution in [2.75, 3.05) is 19.0 Å². The van der Waals surface area contributed by atoms with E-state index in [1.165, 1.54) is 55.6 Å². The molecule has 3 aromatic carbocycles. The Morgan fingerprint density at radius 1 is 0.647 bits per heavy atom. The summed E-state index contributed by atoms with van der Waals surface area (Å²) in [4.78, 5) is 2.17. The standard InChI is InChI=1S/C31H35N3/c1-7-33-21(3)29(25-13-9-11-15-27(25)33)31(23-17-19-24(20-18-23)32(5)6)30-22(4)34(8-2)28-16-12-10-14-26(28)30/h9-20,31H,7-8H2,1-6H3. The van der Waals surface area contributed by atoms with E-state index in [1.807, 2.05) is 0 Å². The number of nitrogens with zero attached hydrogens (tertiary/aromatic N) is 3. The number of hydrogen-bond acceptors (Lipinski definition) is 1. The molecule has 0 amide bonds. The highest BCUT2D eigenvalue weighted by molar-refractivity contribution is 5.91. The van der Waals surface area contributed by atoms with Gasteiger partial charge in [-0.05, 0) is 68.7 Å². The van der Waals surface area contributed by atoms with Crippen LogP contribution in [0.25, 0.3) is 21.8 Å². The molecule has 0 fully saturated rings. The van der Waals surface area contributed by atoms with Crippen LogP contribution in [0.15, 0.2) is 72.8 Å². The molecule has 3 heteroatoms. The number of rotatable bonds is 6. The van der Waals surface area contributed by atoms with Gasteiger partial charge in [-0.3, -0.25) is 0 Å². The van der Waals surface area contributed by atoms with Gasteiger partial charge in [-0.25, -0.2) is 0 Å². The van der Waals surface area contributed by atoms with Gasteiger partial charge in [-0.2, -0.15) is 0 Å². The van der Waals surface area contributed by atoms with E-state index in [0.29, 0.717) is 0 Å². The summed E-state index contributed by atoms with van der Waals surface area (Å²) in [6, 6.07) is 27.0. The molecule has 0 radical (unpaired) electrons. The first kappa shape index (κ1) is 22.3. The summed E-state index contributed by atoms with van der Waals surface area (Å²) in [6.45, 7) is 11.0. The van der Waals surface area contributed by atoms with Crippen LogP contribution in [0.5, 0.6) is 0 Å². The average molecular weight is 450 g/mol. The van der Waals surface area contributed by atoms with Crippen LogP contribution in [0.3, 0.4) is 0 Å². The molecule has 5 rings (SSSR count). The van der Waals surface area contributed by atoms with Crippen molar-refractivity contribution < 1.29 is 0 Å². The second kappa shape index (κ2) is 8.72. The third-order valence-corrected chi connectivity index (χ3v) is 7.51. The zero-order valence-corrected chi connectivity index (χ0v) is 21.3. The first-order valence-electron chi connectivity index (χ1n) is 12.4. The molecule has 0 aliphatic carbocycles. The maximum atomic E-state index is 2.47. The molecule has 0 saturated carbocycles. The monoisotopic (exact) mass is 449 g/mol. The van der Waals surface area contributed by atoms with Crippen LogP contribution in [0.4, 0.5) is 5.69 Å². The highest BCUT2D eigenvalue weighted by Crippen LogP contribution is 2.44. The van der Waals surface area contributed by atoms with Crippen LogP contribution in [0.2, 0.25) is 0 Å². The maximum Gasteiger partial charge on any atom is 0.0485 e. The number of hydrogen-bond donors (Lipinski definition) is 0. The molecule has 5 aromatic rings. The van der Waals surface area contributed by atoms with Gasteiger partial charge in [0.2, 0.25) is 0 Å². The predicted molar refractivity (Wildman–Crippen MR) is 146 cm³/mol. The van der Waals surface area contributed by atoms with Gasteiger partial charge >= 0.3 is 0 Å². The smallest absolute Gasteiger partial charge is 0.0485 e. The van der Waals surface area contributed by atoms with Crippen molar-refractivity contribution >= 4 is 27.5 Å². The first-order chi connectivity index (χ1) is 16.5. The third-order valence-electron chi connectivity index (χ3n) is 7.51. The zero-order valence-electron chi connectivity index (χ0n) is 21.3. The van der Waals surface area contributed by atoms with Crippen LogP contribution < -0.4 is 4.90 Å². The number of anilines is 1. The number of para-hydroxylation sites is 2. The number of fused-ring (bicyclic) bond motifs is 2. The molecular formula is C31H35N3. The molecule has 174 valence electrons. The minimum absolute atomic E-state index is 0.159. The summed E-state index contributed by atoms with van der Waals surface area (Å²) in [7, 11) is 4.20. The molecule has 0 bridgehead atoms. The summed E-state index contributed by atoms with van der Waals surface area (Å²) < 4.78 is 4.94. The van der Waals surface area contributed by atoms with Crippen LogP contribution in [-0.2, 0) is 13.1 Å². The van der Waals surface area contributed by atoms with E-state index in [-0.39, 0.29) is 5.92 Å². The van der Waals surface area contributed by atoms with Crippen LogP contribution >= 0.6 is 0 Å². The highest BCUT2D eigenvalue weighted by atomic mass is 15.1. The molecule has 0 spiro atoms. The Kier molecular flexibility index (Phi) is 5.73. The van der Waals surface area contributed by atoms with Gasteiger partial charge in [0.25, 0.3) is 0 Å². The molecule has 0 aliphatic rings. The average Bonchev–Trinajstić information content (AvgIpc) is 3.30. The Balaban J connectivity index is 1.89. The minimum Gasteiger partial charge on any atom is -0.378 e. The lowest BCUT2D eigenvalue weighted by Gasteiger charge is -2.22. The molecule has 0 unspecified atom stereocenters. The second-order valence-corrected chi connectivity index (χ2v) is 9.44. The Morgan fingerprint density at radius 2 is 1.09 bits per heavy atom. The van der Waals surface area contributed by atoms with E-state index in [4.69, 9.17) is 0 Å². The lowest BCUT2D eigenvalue weighted by molar-refractivity contribution is 0.748. The van der Waals surface area contributed by atoms with Gasteiger partial charge in [-0.1, -0.05) is 48.5 Å². The molecule has 3 nitrogen and oxygen atoms in total. The topological polar surface area (TPSA) is 13.1 Å². The Hall–Kier alpha value is -3.46.